The number of carbonyl (C=O) groups is 1. The summed E-state index contributed by atoms with van der Waals surface area (Å²) in [6.07, 6.45) is 0. The van der Waals surface area contributed by atoms with Gasteiger partial charge >= 0.3 is 0 Å². The monoisotopic (exact) mass is 539 g/mol. The number of rotatable bonds is 5. The highest BCUT2D eigenvalue weighted by Gasteiger charge is 2.21. The number of nitrogens with one attached hydrogen (secondary N) is 2. The number of carbonyl (C=O) groups excluding carboxylic acids is 1. The average molecular weight is 539 g/mol. The lowest BCUT2D eigenvalue weighted by Crippen LogP contribution is -2.52. The van der Waals surface area contributed by atoms with Gasteiger partial charge in [-0.2, -0.15) is 0 Å². The zero-order chi connectivity index (χ0) is 21.5. The third kappa shape index (κ3) is 6.81. The number of aliphatic imine (C=N–C) groups is 1. The number of hydrogen-bond donors (Lipinski definition) is 2. The molecule has 3 rings (SSSR count). The van der Waals surface area contributed by atoms with Gasteiger partial charge in [0.25, 0.3) is 0 Å². The van der Waals surface area contributed by atoms with Gasteiger partial charge in [0.05, 0.1) is 12.6 Å². The summed E-state index contributed by atoms with van der Waals surface area (Å²) in [6.45, 7) is 6.86. The van der Waals surface area contributed by atoms with Crippen LogP contribution in [0.4, 0.5) is 10.1 Å². The van der Waals surface area contributed by atoms with E-state index in [0.717, 1.165) is 18.7 Å². The Morgan fingerprint density at radius 2 is 1.81 bits per heavy atom. The number of benzene rings is 2. The van der Waals surface area contributed by atoms with Crippen LogP contribution in [0.5, 0.6) is 0 Å². The second-order valence-corrected chi connectivity index (χ2v) is 7.50. The van der Waals surface area contributed by atoms with Crippen molar-refractivity contribution in [2.75, 3.05) is 44.7 Å². The van der Waals surface area contributed by atoms with Crippen LogP contribution in [0.1, 0.15) is 24.1 Å². The normalized spacial score (nSPS) is 15.2. The molecule has 2 aromatic carbocycles. The van der Waals surface area contributed by atoms with E-state index in [2.05, 4.69) is 32.7 Å². The van der Waals surface area contributed by atoms with Crippen LogP contribution in [0.15, 0.2) is 53.5 Å². The maximum atomic E-state index is 13.8. The van der Waals surface area contributed by atoms with E-state index >= 15 is 0 Å². The fraction of sp³-hybridized carbons (Fsp3) is 0.391. The molecule has 1 unspecified atom stereocenters. The summed E-state index contributed by atoms with van der Waals surface area (Å²) >= 11 is 0. The first kappa shape index (κ1) is 24.9. The van der Waals surface area contributed by atoms with Crippen LogP contribution in [-0.2, 0) is 4.79 Å². The van der Waals surface area contributed by atoms with Gasteiger partial charge in [0.1, 0.15) is 5.82 Å². The molecule has 1 aliphatic heterocycles. The van der Waals surface area contributed by atoms with E-state index in [1.54, 1.807) is 20.0 Å². The zero-order valence-corrected chi connectivity index (χ0v) is 20.6. The van der Waals surface area contributed by atoms with E-state index < -0.39 is 0 Å². The number of nitrogens with zero attached hydrogens (tertiary/aromatic N) is 3. The Kier molecular flexibility index (Phi) is 9.54. The van der Waals surface area contributed by atoms with Crippen molar-refractivity contribution in [2.24, 2.45) is 4.99 Å². The predicted molar refractivity (Wildman–Crippen MR) is 135 cm³/mol. The first-order valence-corrected chi connectivity index (χ1v) is 10.3. The number of para-hydroxylation sites is 1. The number of halogens is 2. The lowest BCUT2D eigenvalue weighted by Gasteiger charge is -2.36. The molecule has 0 saturated carbocycles. The smallest absolute Gasteiger partial charge is 0.242 e. The fourth-order valence-corrected chi connectivity index (χ4v) is 3.49. The summed E-state index contributed by atoms with van der Waals surface area (Å²) in [4.78, 5) is 21.0. The second kappa shape index (κ2) is 11.9. The van der Waals surface area contributed by atoms with Crippen molar-refractivity contribution in [3.8, 4) is 0 Å². The third-order valence-electron chi connectivity index (χ3n) is 5.43. The molecule has 1 aliphatic rings. The molecule has 0 radical (unpaired) electrons. The number of amides is 1. The number of hydrogen-bond acceptors (Lipinski definition) is 3. The maximum Gasteiger partial charge on any atom is 0.242 e. The number of aryl methyl sites for hydroxylation is 1. The number of anilines is 1. The summed E-state index contributed by atoms with van der Waals surface area (Å²) in [6, 6.07) is 15.3. The Balaban J connectivity index is 0.00000341. The van der Waals surface area contributed by atoms with E-state index in [0.29, 0.717) is 24.6 Å². The molecule has 168 valence electrons. The quantitative estimate of drug-likeness (QED) is 0.348. The molecular weight excluding hydrogens is 508 g/mol. The van der Waals surface area contributed by atoms with Crippen molar-refractivity contribution >= 4 is 41.5 Å². The minimum atomic E-state index is -0.228. The van der Waals surface area contributed by atoms with Crippen molar-refractivity contribution in [2.45, 2.75) is 19.9 Å². The molecule has 1 heterocycles. The number of guanidine groups is 1. The van der Waals surface area contributed by atoms with E-state index in [9.17, 15) is 9.18 Å². The molecule has 1 fully saturated rings. The summed E-state index contributed by atoms with van der Waals surface area (Å²) in [5.41, 5.74) is 2.63. The van der Waals surface area contributed by atoms with E-state index in [4.69, 9.17) is 0 Å². The van der Waals surface area contributed by atoms with Crippen molar-refractivity contribution in [1.29, 1.82) is 0 Å². The Bertz CT molecular complexity index is 885. The van der Waals surface area contributed by atoms with Gasteiger partial charge in [-0.15, -0.1) is 24.0 Å². The van der Waals surface area contributed by atoms with Gasteiger partial charge in [-0.05, 0) is 43.2 Å². The van der Waals surface area contributed by atoms with Gasteiger partial charge in [-0.3, -0.25) is 9.79 Å². The molecule has 0 aliphatic carbocycles. The molecule has 1 saturated heterocycles. The molecule has 0 aromatic heterocycles. The molecule has 31 heavy (non-hydrogen) atoms. The first-order valence-electron chi connectivity index (χ1n) is 10.3. The van der Waals surface area contributed by atoms with Gasteiger partial charge < -0.3 is 20.4 Å². The highest BCUT2D eigenvalue weighted by molar-refractivity contribution is 14.0. The summed E-state index contributed by atoms with van der Waals surface area (Å²) in [7, 11) is 1.65. The topological polar surface area (TPSA) is 60.0 Å². The van der Waals surface area contributed by atoms with Crippen LogP contribution in [0.2, 0.25) is 0 Å². The van der Waals surface area contributed by atoms with E-state index in [1.807, 2.05) is 36.1 Å². The van der Waals surface area contributed by atoms with Crippen LogP contribution in [0, 0.1) is 12.7 Å². The summed E-state index contributed by atoms with van der Waals surface area (Å²) in [5.74, 6) is 0.327. The Morgan fingerprint density at radius 3 is 2.42 bits per heavy atom. The van der Waals surface area contributed by atoms with Crippen LogP contribution in [0.25, 0.3) is 0 Å². The lowest BCUT2D eigenvalue weighted by atomic mass is 10.1. The van der Waals surface area contributed by atoms with Gasteiger partial charge in [0, 0.05) is 38.9 Å². The van der Waals surface area contributed by atoms with Crippen molar-refractivity contribution in [1.82, 2.24) is 15.5 Å². The van der Waals surface area contributed by atoms with Crippen molar-refractivity contribution < 1.29 is 9.18 Å². The molecule has 2 aromatic rings. The summed E-state index contributed by atoms with van der Waals surface area (Å²) in [5, 5.41) is 6.29. The standard InChI is InChI=1S/C23H30FN5O.HI/c1-17-9-10-19(15-21(17)24)18(2)27-23(25-3)26-16-22(30)29-13-11-28(12-14-29)20-7-5-4-6-8-20;/h4-10,15,18H,11-14,16H2,1-3H3,(H2,25,26,27);1H. The SMILES string of the molecule is CN=C(NCC(=O)N1CCN(c2ccccc2)CC1)NC(C)c1ccc(C)c(F)c1.I. The molecule has 1 amide bonds. The van der Waals surface area contributed by atoms with E-state index in [1.165, 1.54) is 11.8 Å². The van der Waals surface area contributed by atoms with Crippen LogP contribution >= 0.6 is 24.0 Å². The predicted octanol–water partition coefficient (Wildman–Crippen LogP) is 3.33. The van der Waals surface area contributed by atoms with Gasteiger partial charge in [0.15, 0.2) is 5.96 Å². The second-order valence-electron chi connectivity index (χ2n) is 7.50. The van der Waals surface area contributed by atoms with Crippen molar-refractivity contribution in [3.63, 3.8) is 0 Å². The minimum Gasteiger partial charge on any atom is -0.368 e. The van der Waals surface area contributed by atoms with Crippen molar-refractivity contribution in [3.05, 3.63) is 65.5 Å². The Hall–Kier alpha value is -2.36. The third-order valence-corrected chi connectivity index (χ3v) is 5.43. The molecule has 6 nitrogen and oxygen atoms in total. The highest BCUT2D eigenvalue weighted by atomic mass is 127. The molecule has 0 spiro atoms. The van der Waals surface area contributed by atoms with Gasteiger partial charge in [0.2, 0.25) is 5.91 Å². The largest absolute Gasteiger partial charge is 0.368 e. The van der Waals surface area contributed by atoms with Gasteiger partial charge in [-0.1, -0.05) is 30.3 Å². The molecular formula is C23H31FIN5O. The maximum absolute atomic E-state index is 13.8. The molecule has 1 atom stereocenters. The lowest BCUT2D eigenvalue weighted by molar-refractivity contribution is -0.130. The molecule has 0 bridgehead atoms. The first-order chi connectivity index (χ1) is 14.5. The Morgan fingerprint density at radius 1 is 1.13 bits per heavy atom. The molecule has 2 N–H and O–H groups in total. The average Bonchev–Trinajstić information content (AvgIpc) is 2.78. The zero-order valence-electron chi connectivity index (χ0n) is 18.3. The van der Waals surface area contributed by atoms with Crippen LogP contribution in [-0.4, -0.2) is 56.5 Å². The van der Waals surface area contributed by atoms with Crippen LogP contribution < -0.4 is 15.5 Å². The highest BCUT2D eigenvalue weighted by Crippen LogP contribution is 2.17. The number of piperazine rings is 1. The summed E-state index contributed by atoms with van der Waals surface area (Å²) < 4.78 is 13.8. The van der Waals surface area contributed by atoms with Gasteiger partial charge in [-0.25, -0.2) is 4.39 Å². The minimum absolute atomic E-state index is 0. The Labute approximate surface area is 200 Å². The van der Waals surface area contributed by atoms with Crippen LogP contribution in [0.3, 0.4) is 0 Å². The molecule has 8 heteroatoms. The fourth-order valence-electron chi connectivity index (χ4n) is 3.49. The van der Waals surface area contributed by atoms with E-state index in [-0.39, 0.29) is 48.3 Å².